The second kappa shape index (κ2) is 7.07. The Kier molecular flexibility index (Phi) is 5.40. The summed E-state index contributed by atoms with van der Waals surface area (Å²) in [6.07, 6.45) is 1.73. The molecule has 0 saturated carbocycles. The molecule has 0 fully saturated rings. The maximum absolute atomic E-state index is 6.11. The van der Waals surface area contributed by atoms with E-state index in [2.05, 4.69) is 40.1 Å². The summed E-state index contributed by atoms with van der Waals surface area (Å²) in [5.41, 5.74) is 0.933. The zero-order valence-electron chi connectivity index (χ0n) is 11.4. The number of benzene rings is 1. The Morgan fingerprint density at radius 1 is 1.30 bits per heavy atom. The van der Waals surface area contributed by atoms with E-state index in [0.29, 0.717) is 23.4 Å². The van der Waals surface area contributed by atoms with Gasteiger partial charge in [0.1, 0.15) is 11.5 Å². The van der Waals surface area contributed by atoms with Crippen LogP contribution in [0.1, 0.15) is 19.5 Å². The van der Waals surface area contributed by atoms with Crippen molar-refractivity contribution in [1.29, 1.82) is 0 Å². The molecule has 1 N–H and O–H groups in total. The Hall–Kier alpha value is -1.10. The number of rotatable bonds is 5. The van der Waals surface area contributed by atoms with Gasteiger partial charge in [0.25, 0.3) is 0 Å². The van der Waals surface area contributed by atoms with Gasteiger partial charge in [0.15, 0.2) is 0 Å². The summed E-state index contributed by atoms with van der Waals surface area (Å²) in [4.78, 5) is 4.31. The minimum Gasteiger partial charge on any atom is -0.456 e. The molecule has 3 nitrogen and oxygen atoms in total. The van der Waals surface area contributed by atoms with E-state index < -0.39 is 0 Å². The molecule has 0 radical (unpaired) electrons. The third kappa shape index (κ3) is 4.47. The quantitative estimate of drug-likeness (QED) is 0.837. The minimum absolute atomic E-state index is 0.417. The lowest BCUT2D eigenvalue weighted by Crippen LogP contribution is -2.22. The van der Waals surface area contributed by atoms with Gasteiger partial charge in [-0.15, -0.1) is 0 Å². The average Bonchev–Trinajstić information content (AvgIpc) is 2.41. The fourth-order valence-electron chi connectivity index (χ4n) is 1.61. The summed E-state index contributed by atoms with van der Waals surface area (Å²) in [5.74, 6) is 1.34. The molecule has 0 spiro atoms. The molecule has 0 atom stereocenters. The van der Waals surface area contributed by atoms with Crippen LogP contribution in [0.25, 0.3) is 0 Å². The van der Waals surface area contributed by atoms with Crippen molar-refractivity contribution in [3.63, 3.8) is 0 Å². The van der Waals surface area contributed by atoms with Crippen molar-refractivity contribution >= 4 is 27.5 Å². The van der Waals surface area contributed by atoms with Gasteiger partial charge in [-0.2, -0.15) is 0 Å². The summed E-state index contributed by atoms with van der Waals surface area (Å²) < 4.78 is 6.73. The molecule has 0 bridgehead atoms. The number of nitrogens with zero attached hydrogens (tertiary/aromatic N) is 1. The van der Waals surface area contributed by atoms with Crippen LogP contribution in [0.3, 0.4) is 0 Å². The molecule has 1 aromatic heterocycles. The Morgan fingerprint density at radius 3 is 2.85 bits per heavy atom. The fourth-order valence-corrected chi connectivity index (χ4v) is 2.10. The Bertz CT molecular complexity index is 590. The van der Waals surface area contributed by atoms with E-state index in [-0.39, 0.29) is 0 Å². The lowest BCUT2D eigenvalue weighted by atomic mass is 10.3. The summed E-state index contributed by atoms with van der Waals surface area (Å²) >= 11 is 9.52. The molecule has 2 rings (SSSR count). The zero-order chi connectivity index (χ0) is 14.5. The van der Waals surface area contributed by atoms with Crippen LogP contribution in [0.4, 0.5) is 0 Å². The number of hydrogen-bond donors (Lipinski definition) is 1. The van der Waals surface area contributed by atoms with Crippen LogP contribution in [0.5, 0.6) is 11.5 Å². The number of halogens is 2. The maximum atomic E-state index is 6.11. The van der Waals surface area contributed by atoms with Gasteiger partial charge in [-0.1, -0.05) is 41.4 Å². The molecular formula is C15H16BrClN2O. The second-order valence-corrected chi connectivity index (χ2v) is 6.02. The summed E-state index contributed by atoms with van der Waals surface area (Å²) in [7, 11) is 0. The molecule has 0 aliphatic heterocycles. The van der Waals surface area contributed by atoms with Crippen LogP contribution in [0, 0.1) is 0 Å². The highest BCUT2D eigenvalue weighted by Crippen LogP contribution is 2.31. The number of hydrogen-bond acceptors (Lipinski definition) is 3. The van der Waals surface area contributed by atoms with Gasteiger partial charge in [0.2, 0.25) is 0 Å². The van der Waals surface area contributed by atoms with Crippen molar-refractivity contribution in [3.8, 4) is 11.5 Å². The maximum Gasteiger partial charge on any atom is 0.147 e. The molecule has 2 aromatic rings. The standard InChI is InChI=1S/C15H16BrClN2O/c1-10(2)19-9-12-8-13(5-6-18-12)20-15-7-11(16)3-4-14(15)17/h3-8,10,19H,9H2,1-2H3. The van der Waals surface area contributed by atoms with Crippen LogP contribution in [0.15, 0.2) is 41.0 Å². The highest BCUT2D eigenvalue weighted by atomic mass is 79.9. The normalized spacial score (nSPS) is 10.8. The Balaban J connectivity index is 2.13. The fraction of sp³-hybridized carbons (Fsp3) is 0.267. The first kappa shape index (κ1) is 15.3. The predicted molar refractivity (Wildman–Crippen MR) is 85.4 cm³/mol. The Labute approximate surface area is 132 Å². The topological polar surface area (TPSA) is 34.1 Å². The number of ether oxygens (including phenoxy) is 1. The van der Waals surface area contributed by atoms with Gasteiger partial charge < -0.3 is 10.1 Å². The SMILES string of the molecule is CC(C)NCc1cc(Oc2cc(Br)ccc2Cl)ccn1. The summed E-state index contributed by atoms with van der Waals surface area (Å²) in [6.45, 7) is 4.91. The highest BCUT2D eigenvalue weighted by Gasteiger charge is 2.05. The molecule has 1 aromatic carbocycles. The van der Waals surface area contributed by atoms with E-state index in [4.69, 9.17) is 16.3 Å². The molecular weight excluding hydrogens is 340 g/mol. The number of pyridine rings is 1. The molecule has 106 valence electrons. The van der Waals surface area contributed by atoms with E-state index in [1.54, 1.807) is 12.3 Å². The molecule has 0 saturated heterocycles. The smallest absolute Gasteiger partial charge is 0.147 e. The Morgan fingerprint density at radius 2 is 2.10 bits per heavy atom. The van der Waals surface area contributed by atoms with Crippen molar-refractivity contribution < 1.29 is 4.74 Å². The van der Waals surface area contributed by atoms with Crippen LogP contribution >= 0.6 is 27.5 Å². The largest absolute Gasteiger partial charge is 0.456 e. The first-order valence-electron chi connectivity index (χ1n) is 6.36. The summed E-state index contributed by atoms with van der Waals surface area (Å²) in [5, 5.41) is 3.90. The van der Waals surface area contributed by atoms with Gasteiger partial charge in [-0.25, -0.2) is 0 Å². The van der Waals surface area contributed by atoms with Gasteiger partial charge in [0.05, 0.1) is 10.7 Å². The van der Waals surface area contributed by atoms with Gasteiger partial charge in [-0.3, -0.25) is 4.98 Å². The lowest BCUT2D eigenvalue weighted by Gasteiger charge is -2.10. The lowest BCUT2D eigenvalue weighted by molar-refractivity contribution is 0.479. The first-order valence-corrected chi connectivity index (χ1v) is 7.53. The molecule has 5 heteroatoms. The van der Waals surface area contributed by atoms with Crippen molar-refractivity contribution in [2.45, 2.75) is 26.4 Å². The van der Waals surface area contributed by atoms with E-state index in [1.165, 1.54) is 0 Å². The number of aromatic nitrogens is 1. The van der Waals surface area contributed by atoms with Gasteiger partial charge >= 0.3 is 0 Å². The third-order valence-electron chi connectivity index (χ3n) is 2.60. The predicted octanol–water partition coefficient (Wildman–Crippen LogP) is 4.79. The average molecular weight is 356 g/mol. The second-order valence-electron chi connectivity index (χ2n) is 4.70. The molecule has 20 heavy (non-hydrogen) atoms. The first-order chi connectivity index (χ1) is 9.54. The van der Waals surface area contributed by atoms with Gasteiger partial charge in [0, 0.05) is 29.3 Å². The van der Waals surface area contributed by atoms with Gasteiger partial charge in [-0.05, 0) is 24.3 Å². The van der Waals surface area contributed by atoms with E-state index in [1.807, 2.05) is 24.3 Å². The molecule has 0 amide bonds. The monoisotopic (exact) mass is 354 g/mol. The van der Waals surface area contributed by atoms with E-state index in [9.17, 15) is 0 Å². The van der Waals surface area contributed by atoms with E-state index in [0.717, 1.165) is 15.9 Å². The van der Waals surface area contributed by atoms with Crippen LogP contribution < -0.4 is 10.1 Å². The van der Waals surface area contributed by atoms with Crippen molar-refractivity contribution in [1.82, 2.24) is 10.3 Å². The van der Waals surface area contributed by atoms with E-state index >= 15 is 0 Å². The van der Waals surface area contributed by atoms with Crippen LogP contribution in [-0.2, 0) is 6.54 Å². The van der Waals surface area contributed by atoms with Crippen molar-refractivity contribution in [2.24, 2.45) is 0 Å². The molecule has 1 heterocycles. The van der Waals surface area contributed by atoms with Crippen LogP contribution in [-0.4, -0.2) is 11.0 Å². The molecule has 0 aliphatic carbocycles. The minimum atomic E-state index is 0.417. The summed E-state index contributed by atoms with van der Waals surface area (Å²) in [6, 6.07) is 9.65. The van der Waals surface area contributed by atoms with Crippen molar-refractivity contribution in [2.75, 3.05) is 0 Å². The van der Waals surface area contributed by atoms with Crippen LogP contribution in [0.2, 0.25) is 5.02 Å². The zero-order valence-corrected chi connectivity index (χ0v) is 13.7. The highest BCUT2D eigenvalue weighted by molar-refractivity contribution is 9.10. The number of nitrogens with one attached hydrogen (secondary N) is 1. The van der Waals surface area contributed by atoms with Crippen molar-refractivity contribution in [3.05, 3.63) is 51.7 Å². The third-order valence-corrected chi connectivity index (χ3v) is 3.41. The molecule has 0 unspecified atom stereocenters. The molecule has 0 aliphatic rings.